The van der Waals surface area contributed by atoms with Crippen LogP contribution in [-0.2, 0) is 11.3 Å². The van der Waals surface area contributed by atoms with Crippen LogP contribution in [0.1, 0.15) is 12.0 Å². The summed E-state index contributed by atoms with van der Waals surface area (Å²) >= 11 is 0. The van der Waals surface area contributed by atoms with E-state index >= 15 is 0 Å². The minimum atomic E-state index is 0.0221. The normalized spacial score (nSPS) is 10.2. The molecule has 2 N–H and O–H groups in total. The fourth-order valence-electron chi connectivity index (χ4n) is 2.15. The third-order valence-corrected chi connectivity index (χ3v) is 3.45. The lowest BCUT2D eigenvalue weighted by Crippen LogP contribution is -2.30. The molecule has 0 heterocycles. The molecule has 0 spiro atoms. The van der Waals surface area contributed by atoms with E-state index < -0.39 is 0 Å². The van der Waals surface area contributed by atoms with Crippen molar-refractivity contribution in [3.05, 3.63) is 60.2 Å². The number of hydrogen-bond acceptors (Lipinski definition) is 4. The third-order valence-electron chi connectivity index (χ3n) is 3.45. The van der Waals surface area contributed by atoms with Gasteiger partial charge in [0.05, 0.1) is 13.7 Å². The Labute approximate surface area is 143 Å². The van der Waals surface area contributed by atoms with Gasteiger partial charge in [-0.1, -0.05) is 30.3 Å². The van der Waals surface area contributed by atoms with Gasteiger partial charge in [0, 0.05) is 19.5 Å². The molecule has 0 aliphatic heterocycles. The van der Waals surface area contributed by atoms with Gasteiger partial charge in [-0.25, -0.2) is 0 Å². The number of benzene rings is 2. The molecule has 0 saturated carbocycles. The van der Waals surface area contributed by atoms with Crippen LogP contribution in [0.5, 0.6) is 11.5 Å². The average Bonchev–Trinajstić information content (AvgIpc) is 2.64. The summed E-state index contributed by atoms with van der Waals surface area (Å²) in [4.78, 5) is 11.7. The summed E-state index contributed by atoms with van der Waals surface area (Å²) in [5, 5.41) is 6.10. The lowest BCUT2D eigenvalue weighted by atomic mass is 10.2. The van der Waals surface area contributed by atoms with Gasteiger partial charge in [-0.3, -0.25) is 4.79 Å². The van der Waals surface area contributed by atoms with Crippen LogP contribution in [-0.4, -0.2) is 32.7 Å². The van der Waals surface area contributed by atoms with E-state index in [0.29, 0.717) is 26.1 Å². The Morgan fingerprint density at radius 3 is 2.38 bits per heavy atom. The van der Waals surface area contributed by atoms with E-state index in [4.69, 9.17) is 9.47 Å². The maximum atomic E-state index is 11.7. The molecular formula is C19H24N2O3. The largest absolute Gasteiger partial charge is 0.497 e. The molecule has 0 unspecified atom stereocenters. The summed E-state index contributed by atoms with van der Waals surface area (Å²) < 4.78 is 10.6. The van der Waals surface area contributed by atoms with Crippen molar-refractivity contribution < 1.29 is 14.3 Å². The van der Waals surface area contributed by atoms with E-state index in [2.05, 4.69) is 22.8 Å². The molecule has 0 radical (unpaired) electrons. The molecule has 0 aliphatic carbocycles. The first-order valence-electron chi connectivity index (χ1n) is 8.06. The number of ether oxygens (including phenoxy) is 2. The summed E-state index contributed by atoms with van der Waals surface area (Å²) in [6.45, 7) is 2.35. The molecule has 1 amide bonds. The topological polar surface area (TPSA) is 59.6 Å². The van der Waals surface area contributed by atoms with Gasteiger partial charge in [-0.2, -0.15) is 0 Å². The summed E-state index contributed by atoms with van der Waals surface area (Å²) in [5.41, 5.74) is 1.21. The fourth-order valence-corrected chi connectivity index (χ4v) is 2.15. The lowest BCUT2D eigenvalue weighted by Gasteiger charge is -2.09. The highest BCUT2D eigenvalue weighted by Gasteiger charge is 2.01. The van der Waals surface area contributed by atoms with E-state index in [1.807, 2.05) is 42.5 Å². The summed E-state index contributed by atoms with van der Waals surface area (Å²) in [5.74, 6) is 1.57. The molecular weight excluding hydrogens is 304 g/mol. The molecule has 2 aromatic rings. The van der Waals surface area contributed by atoms with Gasteiger partial charge >= 0.3 is 0 Å². The number of carbonyl (C=O) groups is 1. The average molecular weight is 328 g/mol. The van der Waals surface area contributed by atoms with Crippen molar-refractivity contribution >= 4 is 5.91 Å². The van der Waals surface area contributed by atoms with Crippen LogP contribution in [0.15, 0.2) is 54.6 Å². The van der Waals surface area contributed by atoms with Crippen molar-refractivity contribution in [3.8, 4) is 11.5 Å². The Morgan fingerprint density at radius 1 is 0.958 bits per heavy atom. The van der Waals surface area contributed by atoms with Crippen molar-refractivity contribution in [3.63, 3.8) is 0 Å². The quantitative estimate of drug-likeness (QED) is 0.658. The predicted molar refractivity (Wildman–Crippen MR) is 94.3 cm³/mol. The van der Waals surface area contributed by atoms with Gasteiger partial charge < -0.3 is 20.1 Å². The second-order valence-electron chi connectivity index (χ2n) is 5.29. The Kier molecular flexibility index (Phi) is 7.63. The standard InChI is InChI=1S/C19H24N2O3/c1-23-17-7-9-18(10-8-17)24-14-13-21-19(22)11-12-20-15-16-5-3-2-4-6-16/h2-10,20H,11-15H2,1H3,(H,21,22). The van der Waals surface area contributed by atoms with Crippen molar-refractivity contribution in [1.82, 2.24) is 10.6 Å². The molecule has 2 rings (SSSR count). The van der Waals surface area contributed by atoms with E-state index in [1.54, 1.807) is 7.11 Å². The number of nitrogens with one attached hydrogen (secondary N) is 2. The zero-order valence-corrected chi connectivity index (χ0v) is 14.0. The summed E-state index contributed by atoms with van der Waals surface area (Å²) in [6.07, 6.45) is 0.454. The maximum Gasteiger partial charge on any atom is 0.221 e. The molecule has 0 aromatic heterocycles. The van der Waals surface area contributed by atoms with Crippen LogP contribution in [0.2, 0.25) is 0 Å². The Balaban J connectivity index is 1.51. The first-order valence-corrected chi connectivity index (χ1v) is 8.06. The Morgan fingerprint density at radius 2 is 1.67 bits per heavy atom. The molecule has 0 bridgehead atoms. The summed E-state index contributed by atoms with van der Waals surface area (Å²) in [7, 11) is 1.63. The zero-order valence-electron chi connectivity index (χ0n) is 14.0. The summed E-state index contributed by atoms with van der Waals surface area (Å²) in [6, 6.07) is 17.5. The monoisotopic (exact) mass is 328 g/mol. The van der Waals surface area contributed by atoms with Gasteiger partial charge in [0.15, 0.2) is 0 Å². The predicted octanol–water partition coefficient (Wildman–Crippen LogP) is 2.37. The molecule has 24 heavy (non-hydrogen) atoms. The van der Waals surface area contributed by atoms with Gasteiger partial charge in [0.2, 0.25) is 5.91 Å². The van der Waals surface area contributed by atoms with Gasteiger partial charge in [0.25, 0.3) is 0 Å². The smallest absolute Gasteiger partial charge is 0.221 e. The Bertz CT molecular complexity index is 600. The molecule has 0 aliphatic rings. The molecule has 0 atom stereocenters. The van der Waals surface area contributed by atoms with Crippen LogP contribution >= 0.6 is 0 Å². The number of carbonyl (C=O) groups excluding carboxylic acids is 1. The van der Waals surface area contributed by atoms with Crippen molar-refractivity contribution in [1.29, 1.82) is 0 Å². The van der Waals surface area contributed by atoms with Crippen LogP contribution in [0.4, 0.5) is 0 Å². The first kappa shape index (κ1) is 17.8. The molecule has 5 heteroatoms. The molecule has 2 aromatic carbocycles. The second-order valence-corrected chi connectivity index (χ2v) is 5.29. The van der Waals surface area contributed by atoms with Gasteiger partial charge in [-0.05, 0) is 29.8 Å². The zero-order chi connectivity index (χ0) is 17.0. The highest BCUT2D eigenvalue weighted by molar-refractivity contribution is 5.76. The van der Waals surface area contributed by atoms with E-state index in [0.717, 1.165) is 18.0 Å². The van der Waals surface area contributed by atoms with E-state index in [1.165, 1.54) is 5.56 Å². The fraction of sp³-hybridized carbons (Fsp3) is 0.316. The van der Waals surface area contributed by atoms with Crippen molar-refractivity contribution in [2.75, 3.05) is 26.8 Å². The molecule has 0 fully saturated rings. The molecule has 128 valence electrons. The minimum absolute atomic E-state index is 0.0221. The number of rotatable bonds is 10. The van der Waals surface area contributed by atoms with E-state index in [9.17, 15) is 4.79 Å². The lowest BCUT2D eigenvalue weighted by molar-refractivity contribution is -0.121. The van der Waals surface area contributed by atoms with Crippen LogP contribution in [0, 0.1) is 0 Å². The SMILES string of the molecule is COc1ccc(OCCNC(=O)CCNCc2ccccc2)cc1. The van der Waals surface area contributed by atoms with Crippen LogP contribution in [0.3, 0.4) is 0 Å². The second kappa shape index (κ2) is 10.3. The molecule has 0 saturated heterocycles. The van der Waals surface area contributed by atoms with Crippen molar-refractivity contribution in [2.45, 2.75) is 13.0 Å². The maximum absolute atomic E-state index is 11.7. The number of amides is 1. The van der Waals surface area contributed by atoms with Crippen molar-refractivity contribution in [2.24, 2.45) is 0 Å². The molecule has 5 nitrogen and oxygen atoms in total. The van der Waals surface area contributed by atoms with Crippen LogP contribution in [0.25, 0.3) is 0 Å². The first-order chi connectivity index (χ1) is 11.8. The highest BCUT2D eigenvalue weighted by Crippen LogP contribution is 2.16. The third kappa shape index (κ3) is 6.71. The number of methoxy groups -OCH3 is 1. The van der Waals surface area contributed by atoms with Gasteiger partial charge in [0.1, 0.15) is 18.1 Å². The van der Waals surface area contributed by atoms with Crippen LogP contribution < -0.4 is 20.1 Å². The van der Waals surface area contributed by atoms with E-state index in [-0.39, 0.29) is 5.91 Å². The minimum Gasteiger partial charge on any atom is -0.497 e. The number of hydrogen-bond donors (Lipinski definition) is 2. The Hall–Kier alpha value is -2.53. The van der Waals surface area contributed by atoms with Gasteiger partial charge in [-0.15, -0.1) is 0 Å². The highest BCUT2D eigenvalue weighted by atomic mass is 16.5.